The molecule has 1 aromatic heterocycles. The van der Waals surface area contributed by atoms with Gasteiger partial charge in [0, 0.05) is 17.3 Å². The fourth-order valence-corrected chi connectivity index (χ4v) is 4.19. The van der Waals surface area contributed by atoms with Crippen LogP contribution in [0.25, 0.3) is 0 Å². The second-order valence-corrected chi connectivity index (χ2v) is 7.62. The van der Waals surface area contributed by atoms with Crippen LogP contribution >= 0.6 is 11.8 Å². The summed E-state index contributed by atoms with van der Waals surface area (Å²) in [6.45, 7) is 0. The van der Waals surface area contributed by atoms with Crippen molar-refractivity contribution >= 4 is 17.7 Å². The molecular formula is C17H22F3N3OS. The molecule has 2 aliphatic rings. The van der Waals surface area contributed by atoms with Crippen molar-refractivity contribution in [3.05, 3.63) is 17.0 Å². The van der Waals surface area contributed by atoms with Crippen LogP contribution in [0.2, 0.25) is 0 Å². The van der Waals surface area contributed by atoms with E-state index in [1.807, 2.05) is 0 Å². The van der Waals surface area contributed by atoms with Gasteiger partial charge in [-0.3, -0.25) is 4.79 Å². The topological polar surface area (TPSA) is 54.9 Å². The average molecular weight is 373 g/mol. The Kier molecular flexibility index (Phi) is 5.86. The highest BCUT2D eigenvalue weighted by Gasteiger charge is 2.38. The molecule has 0 aromatic carbocycles. The van der Waals surface area contributed by atoms with Crippen LogP contribution in [0.15, 0.2) is 5.16 Å². The van der Waals surface area contributed by atoms with Gasteiger partial charge < -0.3 is 5.32 Å². The number of carbonyl (C=O) groups is 1. The summed E-state index contributed by atoms with van der Waals surface area (Å²) in [5, 5.41) is 3.01. The molecule has 0 aliphatic heterocycles. The molecule has 1 N–H and O–H groups in total. The Morgan fingerprint density at radius 2 is 1.80 bits per heavy atom. The second-order valence-electron chi connectivity index (χ2n) is 6.68. The predicted molar refractivity (Wildman–Crippen MR) is 89.4 cm³/mol. The first kappa shape index (κ1) is 18.5. The normalized spacial score (nSPS) is 18.7. The molecule has 0 radical (unpaired) electrons. The molecule has 0 unspecified atom stereocenters. The molecule has 1 aromatic rings. The lowest BCUT2D eigenvalue weighted by molar-refractivity contribution is -0.142. The first-order valence-electron chi connectivity index (χ1n) is 8.82. The number of rotatable bonds is 4. The van der Waals surface area contributed by atoms with Crippen molar-refractivity contribution in [1.29, 1.82) is 0 Å². The summed E-state index contributed by atoms with van der Waals surface area (Å²) in [4.78, 5) is 20.0. The lowest BCUT2D eigenvalue weighted by Gasteiger charge is -2.22. The van der Waals surface area contributed by atoms with Crippen LogP contribution in [0.1, 0.15) is 61.9 Å². The third-order valence-corrected chi connectivity index (χ3v) is 5.58. The number of hydrogen-bond acceptors (Lipinski definition) is 4. The van der Waals surface area contributed by atoms with Crippen molar-refractivity contribution in [2.75, 3.05) is 5.75 Å². The molecule has 138 valence electrons. The smallest absolute Gasteiger partial charge is 0.353 e. The monoisotopic (exact) mass is 373 g/mol. The van der Waals surface area contributed by atoms with Crippen LogP contribution in [-0.4, -0.2) is 27.7 Å². The van der Waals surface area contributed by atoms with E-state index >= 15 is 0 Å². The standard InChI is InChI=1S/C17H22F3N3OS/c18-17(19,20)15-12-8-4-5-9-13(12)22-16(23-15)25-10-14(24)21-11-6-2-1-3-7-11/h11H,1-10H2,(H,21,24). The zero-order valence-corrected chi connectivity index (χ0v) is 14.8. The highest BCUT2D eigenvalue weighted by atomic mass is 32.2. The number of halogens is 3. The summed E-state index contributed by atoms with van der Waals surface area (Å²) >= 11 is 0.986. The Balaban J connectivity index is 1.66. The summed E-state index contributed by atoms with van der Waals surface area (Å²) in [5.74, 6) is -0.112. The van der Waals surface area contributed by atoms with Gasteiger partial charge in [0.1, 0.15) is 0 Å². The average Bonchev–Trinajstić information content (AvgIpc) is 2.59. The minimum atomic E-state index is -4.48. The number of carbonyl (C=O) groups excluding carboxylic acids is 1. The highest BCUT2D eigenvalue weighted by molar-refractivity contribution is 7.99. The van der Waals surface area contributed by atoms with E-state index in [9.17, 15) is 18.0 Å². The third kappa shape index (κ3) is 4.86. The molecule has 25 heavy (non-hydrogen) atoms. The van der Waals surface area contributed by atoms with Gasteiger partial charge in [-0.1, -0.05) is 31.0 Å². The van der Waals surface area contributed by atoms with Crippen LogP contribution in [0.5, 0.6) is 0 Å². The number of nitrogens with one attached hydrogen (secondary N) is 1. The van der Waals surface area contributed by atoms with Gasteiger partial charge in [0.05, 0.1) is 5.75 Å². The van der Waals surface area contributed by atoms with Gasteiger partial charge in [-0.05, 0) is 38.5 Å². The summed E-state index contributed by atoms with van der Waals surface area (Å²) in [5.41, 5.74) is -0.106. The predicted octanol–water partition coefficient (Wildman–Crippen LogP) is 3.92. The summed E-state index contributed by atoms with van der Waals surface area (Å²) in [7, 11) is 0. The minimum Gasteiger partial charge on any atom is -0.353 e. The van der Waals surface area contributed by atoms with Gasteiger partial charge in [0.2, 0.25) is 5.91 Å². The lowest BCUT2D eigenvalue weighted by atomic mass is 9.94. The molecule has 0 spiro atoms. The molecule has 1 saturated carbocycles. The van der Waals surface area contributed by atoms with Crippen molar-refractivity contribution in [3.8, 4) is 0 Å². The molecule has 1 fully saturated rings. The SMILES string of the molecule is O=C(CSc1nc2c(c(C(F)(F)F)n1)CCCC2)NC1CCCCC1. The molecule has 1 heterocycles. The van der Waals surface area contributed by atoms with Gasteiger partial charge in [0.25, 0.3) is 0 Å². The number of aryl methyl sites for hydroxylation is 1. The molecule has 0 saturated heterocycles. The van der Waals surface area contributed by atoms with Gasteiger partial charge >= 0.3 is 6.18 Å². The third-order valence-electron chi connectivity index (χ3n) is 4.73. The van der Waals surface area contributed by atoms with Crippen molar-refractivity contribution in [2.45, 2.75) is 75.2 Å². The van der Waals surface area contributed by atoms with Crippen molar-refractivity contribution in [1.82, 2.24) is 15.3 Å². The van der Waals surface area contributed by atoms with E-state index in [1.165, 1.54) is 6.42 Å². The summed E-state index contributed by atoms with van der Waals surface area (Å²) < 4.78 is 39.9. The van der Waals surface area contributed by atoms with Crippen LogP contribution in [0.3, 0.4) is 0 Å². The Morgan fingerprint density at radius 3 is 2.52 bits per heavy atom. The number of aromatic nitrogens is 2. The van der Waals surface area contributed by atoms with Crippen LogP contribution < -0.4 is 5.32 Å². The maximum Gasteiger partial charge on any atom is 0.433 e. The maximum absolute atomic E-state index is 13.3. The molecule has 2 aliphatic carbocycles. The van der Waals surface area contributed by atoms with Gasteiger partial charge in [-0.2, -0.15) is 13.2 Å². The van der Waals surface area contributed by atoms with Crippen molar-refractivity contribution < 1.29 is 18.0 Å². The molecule has 0 atom stereocenters. The summed E-state index contributed by atoms with van der Waals surface area (Å²) in [6.07, 6.45) is 3.38. The lowest BCUT2D eigenvalue weighted by Crippen LogP contribution is -2.37. The minimum absolute atomic E-state index is 0.0479. The molecule has 8 heteroatoms. The molecule has 4 nitrogen and oxygen atoms in total. The summed E-state index contributed by atoms with van der Waals surface area (Å²) in [6, 6.07) is 0.192. The Morgan fingerprint density at radius 1 is 1.08 bits per heavy atom. The largest absolute Gasteiger partial charge is 0.433 e. The molecule has 0 bridgehead atoms. The van der Waals surface area contributed by atoms with E-state index in [0.717, 1.165) is 50.3 Å². The van der Waals surface area contributed by atoms with Crippen molar-refractivity contribution in [3.63, 3.8) is 0 Å². The first-order chi connectivity index (χ1) is 11.9. The first-order valence-corrected chi connectivity index (χ1v) is 9.81. The van der Waals surface area contributed by atoms with Crippen LogP contribution in [0, 0.1) is 0 Å². The zero-order chi connectivity index (χ0) is 17.9. The molecule has 1 amide bonds. The fraction of sp³-hybridized carbons (Fsp3) is 0.706. The van der Waals surface area contributed by atoms with E-state index in [1.54, 1.807) is 0 Å². The van der Waals surface area contributed by atoms with Crippen molar-refractivity contribution in [2.24, 2.45) is 0 Å². The number of hydrogen-bond donors (Lipinski definition) is 1. The fourth-order valence-electron chi connectivity index (χ4n) is 3.52. The van der Waals surface area contributed by atoms with E-state index in [2.05, 4.69) is 15.3 Å². The van der Waals surface area contributed by atoms with Gasteiger partial charge in [-0.15, -0.1) is 0 Å². The van der Waals surface area contributed by atoms with Crippen LogP contribution in [0.4, 0.5) is 13.2 Å². The maximum atomic E-state index is 13.3. The highest BCUT2D eigenvalue weighted by Crippen LogP contribution is 2.35. The number of fused-ring (bicyclic) bond motifs is 1. The van der Waals surface area contributed by atoms with E-state index in [0.29, 0.717) is 18.5 Å². The molecule has 3 rings (SSSR count). The van der Waals surface area contributed by atoms with Gasteiger partial charge in [-0.25, -0.2) is 9.97 Å². The quantitative estimate of drug-likeness (QED) is 0.642. The van der Waals surface area contributed by atoms with Gasteiger partial charge in [0.15, 0.2) is 10.9 Å². The van der Waals surface area contributed by atoms with E-state index in [-0.39, 0.29) is 28.4 Å². The zero-order valence-electron chi connectivity index (χ0n) is 14.0. The second kappa shape index (κ2) is 7.93. The number of nitrogens with zero attached hydrogens (tertiary/aromatic N) is 2. The van der Waals surface area contributed by atoms with Crippen LogP contribution in [-0.2, 0) is 23.8 Å². The Hall–Kier alpha value is -1.31. The van der Waals surface area contributed by atoms with E-state index < -0.39 is 11.9 Å². The Bertz CT molecular complexity index is 630. The number of amides is 1. The number of alkyl halides is 3. The Labute approximate surface area is 149 Å². The molecular weight excluding hydrogens is 351 g/mol. The van der Waals surface area contributed by atoms with E-state index in [4.69, 9.17) is 0 Å². The number of thioether (sulfide) groups is 1.